The van der Waals surface area contributed by atoms with Crippen molar-refractivity contribution in [2.75, 3.05) is 19.6 Å². The molecule has 20 heavy (non-hydrogen) atoms. The standard InChI is InChI=1S/C14H25N3O2S/c1-4-6-15-9-12-8-13(10-16-12)20(18,19)17-7-5-14(2,3)11-17/h8,10,15-16H,4-7,9,11H2,1-3H3. The Labute approximate surface area is 121 Å². The fourth-order valence-electron chi connectivity index (χ4n) is 2.49. The van der Waals surface area contributed by atoms with Crippen LogP contribution in [-0.2, 0) is 16.6 Å². The quantitative estimate of drug-likeness (QED) is 0.789. The van der Waals surface area contributed by atoms with Crippen LogP contribution in [0.1, 0.15) is 39.3 Å². The summed E-state index contributed by atoms with van der Waals surface area (Å²) in [5, 5.41) is 3.26. The summed E-state index contributed by atoms with van der Waals surface area (Å²) in [6, 6.07) is 1.74. The fraction of sp³-hybridized carbons (Fsp3) is 0.714. The number of nitrogens with one attached hydrogen (secondary N) is 2. The maximum absolute atomic E-state index is 12.6. The lowest BCUT2D eigenvalue weighted by Gasteiger charge is -2.19. The Kier molecular flexibility index (Phi) is 4.56. The monoisotopic (exact) mass is 299 g/mol. The van der Waals surface area contributed by atoms with E-state index in [9.17, 15) is 8.42 Å². The summed E-state index contributed by atoms with van der Waals surface area (Å²) in [5.41, 5.74) is 0.991. The van der Waals surface area contributed by atoms with Crippen LogP contribution in [0.15, 0.2) is 17.2 Å². The highest BCUT2D eigenvalue weighted by molar-refractivity contribution is 7.89. The van der Waals surface area contributed by atoms with Crippen molar-refractivity contribution >= 4 is 10.0 Å². The third-order valence-corrected chi connectivity index (χ3v) is 5.56. The van der Waals surface area contributed by atoms with E-state index in [2.05, 4.69) is 31.1 Å². The van der Waals surface area contributed by atoms with Gasteiger partial charge in [-0.1, -0.05) is 20.8 Å². The van der Waals surface area contributed by atoms with Crippen LogP contribution in [-0.4, -0.2) is 37.3 Å². The van der Waals surface area contributed by atoms with Crippen molar-refractivity contribution < 1.29 is 8.42 Å². The van der Waals surface area contributed by atoms with Crippen molar-refractivity contribution in [3.8, 4) is 0 Å². The van der Waals surface area contributed by atoms with Crippen LogP contribution in [0.2, 0.25) is 0 Å². The highest BCUT2D eigenvalue weighted by Crippen LogP contribution is 2.32. The van der Waals surface area contributed by atoms with Crippen molar-refractivity contribution in [2.24, 2.45) is 5.41 Å². The van der Waals surface area contributed by atoms with Gasteiger partial charge in [0.05, 0.1) is 4.90 Å². The summed E-state index contributed by atoms with van der Waals surface area (Å²) < 4.78 is 26.7. The predicted molar refractivity (Wildman–Crippen MR) is 79.9 cm³/mol. The molecule has 114 valence electrons. The van der Waals surface area contributed by atoms with Crippen LogP contribution < -0.4 is 5.32 Å². The minimum atomic E-state index is -3.35. The van der Waals surface area contributed by atoms with E-state index in [4.69, 9.17) is 0 Å². The van der Waals surface area contributed by atoms with Gasteiger partial charge in [0.25, 0.3) is 0 Å². The number of H-pyrrole nitrogens is 1. The van der Waals surface area contributed by atoms with Gasteiger partial charge in [0.15, 0.2) is 0 Å². The molecule has 1 saturated heterocycles. The molecule has 1 aliphatic rings. The minimum absolute atomic E-state index is 0.0783. The molecule has 1 fully saturated rings. The molecule has 1 aromatic heterocycles. The molecule has 0 aromatic carbocycles. The van der Waals surface area contributed by atoms with E-state index in [0.29, 0.717) is 24.5 Å². The van der Waals surface area contributed by atoms with Gasteiger partial charge in [-0.3, -0.25) is 0 Å². The maximum atomic E-state index is 12.6. The van der Waals surface area contributed by atoms with Gasteiger partial charge in [-0.2, -0.15) is 4.31 Å². The molecule has 0 atom stereocenters. The molecule has 0 saturated carbocycles. The third kappa shape index (κ3) is 3.42. The first-order chi connectivity index (χ1) is 9.35. The molecule has 2 heterocycles. The molecular weight excluding hydrogens is 274 g/mol. The Bertz CT molecular complexity index is 549. The Balaban J connectivity index is 2.07. The molecule has 1 aromatic rings. The summed E-state index contributed by atoms with van der Waals surface area (Å²) in [4.78, 5) is 3.42. The van der Waals surface area contributed by atoms with Crippen LogP contribution in [0.5, 0.6) is 0 Å². The molecule has 2 N–H and O–H groups in total. The molecule has 0 radical (unpaired) electrons. The number of sulfonamides is 1. The zero-order valence-corrected chi connectivity index (χ0v) is 13.4. The first-order valence-corrected chi connectivity index (χ1v) is 8.67. The molecule has 1 aliphatic heterocycles. The number of rotatable bonds is 6. The van der Waals surface area contributed by atoms with E-state index in [-0.39, 0.29) is 5.41 Å². The Hall–Kier alpha value is -0.850. The smallest absolute Gasteiger partial charge is 0.244 e. The first kappa shape index (κ1) is 15.5. The van der Waals surface area contributed by atoms with Gasteiger partial charge < -0.3 is 10.3 Å². The van der Waals surface area contributed by atoms with Gasteiger partial charge in [0, 0.05) is 31.5 Å². The molecule has 0 amide bonds. The average Bonchev–Trinajstić information content (AvgIpc) is 2.97. The SMILES string of the molecule is CCCNCc1cc(S(=O)(=O)N2CCC(C)(C)C2)c[nH]1. The average molecular weight is 299 g/mol. The maximum Gasteiger partial charge on any atom is 0.244 e. The molecule has 6 heteroatoms. The summed E-state index contributed by atoms with van der Waals surface area (Å²) in [5.74, 6) is 0. The number of nitrogens with zero attached hydrogens (tertiary/aromatic N) is 1. The van der Waals surface area contributed by atoms with Crippen molar-refractivity contribution in [1.29, 1.82) is 0 Å². The second kappa shape index (κ2) is 5.87. The van der Waals surface area contributed by atoms with E-state index >= 15 is 0 Å². The number of hydrogen-bond acceptors (Lipinski definition) is 3. The van der Waals surface area contributed by atoms with E-state index in [1.807, 2.05) is 0 Å². The van der Waals surface area contributed by atoms with Gasteiger partial charge in [-0.05, 0) is 30.9 Å². The van der Waals surface area contributed by atoms with Crippen LogP contribution in [0.3, 0.4) is 0 Å². The second-order valence-corrected chi connectivity index (χ2v) is 8.23. The Morgan fingerprint density at radius 1 is 1.45 bits per heavy atom. The summed E-state index contributed by atoms with van der Waals surface area (Å²) in [7, 11) is -3.35. The largest absolute Gasteiger partial charge is 0.363 e. The second-order valence-electron chi connectivity index (χ2n) is 6.29. The summed E-state index contributed by atoms with van der Waals surface area (Å²) in [6.07, 6.45) is 3.58. The third-order valence-electron chi connectivity index (χ3n) is 3.74. The number of aromatic nitrogens is 1. The normalized spacial score (nSPS) is 19.6. The minimum Gasteiger partial charge on any atom is -0.363 e. The molecular formula is C14H25N3O2S. The van der Waals surface area contributed by atoms with Gasteiger partial charge in [-0.25, -0.2) is 8.42 Å². The first-order valence-electron chi connectivity index (χ1n) is 7.23. The lowest BCUT2D eigenvalue weighted by molar-refractivity contribution is 0.375. The van der Waals surface area contributed by atoms with E-state index in [1.54, 1.807) is 16.6 Å². The van der Waals surface area contributed by atoms with Gasteiger partial charge >= 0.3 is 0 Å². The molecule has 0 unspecified atom stereocenters. The van der Waals surface area contributed by atoms with Crippen LogP contribution >= 0.6 is 0 Å². The van der Waals surface area contributed by atoms with Crippen LogP contribution in [0.4, 0.5) is 0 Å². The van der Waals surface area contributed by atoms with Crippen molar-refractivity contribution in [1.82, 2.24) is 14.6 Å². The van der Waals surface area contributed by atoms with E-state index in [0.717, 1.165) is 25.1 Å². The topological polar surface area (TPSA) is 65.2 Å². The van der Waals surface area contributed by atoms with E-state index < -0.39 is 10.0 Å². The van der Waals surface area contributed by atoms with Gasteiger partial charge in [-0.15, -0.1) is 0 Å². The van der Waals surface area contributed by atoms with Crippen molar-refractivity contribution in [3.05, 3.63) is 18.0 Å². The van der Waals surface area contributed by atoms with Gasteiger partial charge in [0.2, 0.25) is 10.0 Å². The number of hydrogen-bond donors (Lipinski definition) is 2. The molecule has 0 bridgehead atoms. The summed E-state index contributed by atoms with van der Waals surface area (Å²) in [6.45, 7) is 9.15. The van der Waals surface area contributed by atoms with Crippen LogP contribution in [0.25, 0.3) is 0 Å². The van der Waals surface area contributed by atoms with Crippen molar-refractivity contribution in [2.45, 2.75) is 45.1 Å². The highest BCUT2D eigenvalue weighted by Gasteiger charge is 2.37. The number of aromatic amines is 1. The Morgan fingerprint density at radius 2 is 2.20 bits per heavy atom. The Morgan fingerprint density at radius 3 is 2.80 bits per heavy atom. The van der Waals surface area contributed by atoms with E-state index in [1.165, 1.54) is 0 Å². The molecule has 5 nitrogen and oxygen atoms in total. The molecule has 0 spiro atoms. The zero-order chi connectivity index (χ0) is 14.8. The highest BCUT2D eigenvalue weighted by atomic mass is 32.2. The zero-order valence-electron chi connectivity index (χ0n) is 12.6. The summed E-state index contributed by atoms with van der Waals surface area (Å²) >= 11 is 0. The lowest BCUT2D eigenvalue weighted by Crippen LogP contribution is -2.30. The fourth-order valence-corrected chi connectivity index (χ4v) is 4.14. The van der Waals surface area contributed by atoms with Crippen molar-refractivity contribution in [3.63, 3.8) is 0 Å². The lowest BCUT2D eigenvalue weighted by atomic mass is 9.93. The molecule has 0 aliphatic carbocycles. The predicted octanol–water partition coefficient (Wildman–Crippen LogP) is 1.93. The molecule has 2 rings (SSSR count). The van der Waals surface area contributed by atoms with Crippen LogP contribution in [0, 0.1) is 5.41 Å². The van der Waals surface area contributed by atoms with Gasteiger partial charge in [0.1, 0.15) is 0 Å².